The Balaban J connectivity index is 2.76. The van der Waals surface area contributed by atoms with Crippen molar-refractivity contribution in [1.29, 1.82) is 0 Å². The summed E-state index contributed by atoms with van der Waals surface area (Å²) in [5, 5.41) is 1.10. The van der Waals surface area contributed by atoms with E-state index in [0.29, 0.717) is 0 Å². The second-order valence-electron chi connectivity index (χ2n) is 4.66. The summed E-state index contributed by atoms with van der Waals surface area (Å²) in [5.74, 6) is 1.70. The molecular weight excluding hydrogens is 212 g/mol. The molecule has 1 aromatic carbocycles. The molecule has 0 bridgehead atoms. The zero-order valence-corrected chi connectivity index (χ0v) is 11.0. The van der Waals surface area contributed by atoms with Crippen LogP contribution in [0.1, 0.15) is 5.56 Å². The summed E-state index contributed by atoms with van der Waals surface area (Å²) < 4.78 is 0. The first kappa shape index (κ1) is 11.6. The van der Waals surface area contributed by atoms with Crippen LogP contribution < -0.4 is 9.80 Å². The first-order valence-electron chi connectivity index (χ1n) is 5.62. The van der Waals surface area contributed by atoms with Gasteiger partial charge in [-0.15, -0.1) is 0 Å². The minimum absolute atomic E-state index is 0.741. The number of hydrogen-bond acceptors (Lipinski definition) is 4. The lowest BCUT2D eigenvalue weighted by Gasteiger charge is -2.18. The van der Waals surface area contributed by atoms with Gasteiger partial charge in [-0.3, -0.25) is 0 Å². The van der Waals surface area contributed by atoms with Crippen LogP contribution in [0.25, 0.3) is 10.9 Å². The first-order chi connectivity index (χ1) is 7.99. The molecule has 17 heavy (non-hydrogen) atoms. The molecule has 0 saturated carbocycles. The fraction of sp³-hybridized carbons (Fsp3) is 0.385. The van der Waals surface area contributed by atoms with Gasteiger partial charge in [-0.05, 0) is 19.1 Å². The van der Waals surface area contributed by atoms with Gasteiger partial charge in [0.2, 0.25) is 5.95 Å². The second kappa shape index (κ2) is 4.20. The van der Waals surface area contributed by atoms with Crippen molar-refractivity contribution in [2.75, 3.05) is 38.0 Å². The van der Waals surface area contributed by atoms with Crippen LogP contribution in [-0.4, -0.2) is 38.2 Å². The number of anilines is 2. The van der Waals surface area contributed by atoms with Gasteiger partial charge in [0.25, 0.3) is 0 Å². The van der Waals surface area contributed by atoms with E-state index in [-0.39, 0.29) is 0 Å². The van der Waals surface area contributed by atoms with E-state index in [9.17, 15) is 0 Å². The molecule has 0 spiro atoms. The van der Waals surface area contributed by atoms with E-state index >= 15 is 0 Å². The highest BCUT2D eigenvalue weighted by molar-refractivity contribution is 5.90. The van der Waals surface area contributed by atoms with E-state index < -0.39 is 0 Å². The molecule has 90 valence electrons. The van der Waals surface area contributed by atoms with Crippen molar-refractivity contribution in [3.05, 3.63) is 23.8 Å². The summed E-state index contributed by atoms with van der Waals surface area (Å²) in [6.07, 6.45) is 0. The Bertz CT molecular complexity index is 546. The molecule has 0 fully saturated rings. The number of rotatable bonds is 2. The van der Waals surface area contributed by atoms with Gasteiger partial charge in [0, 0.05) is 33.6 Å². The number of nitrogens with zero attached hydrogens (tertiary/aromatic N) is 4. The molecule has 0 aliphatic carbocycles. The molecule has 2 rings (SSSR count). The molecule has 1 aromatic heterocycles. The average molecular weight is 230 g/mol. The molecule has 0 amide bonds. The predicted molar refractivity (Wildman–Crippen MR) is 72.9 cm³/mol. The van der Waals surface area contributed by atoms with E-state index in [2.05, 4.69) is 29.0 Å². The van der Waals surface area contributed by atoms with Gasteiger partial charge in [-0.25, -0.2) is 4.98 Å². The highest BCUT2D eigenvalue weighted by Gasteiger charge is 2.10. The SMILES string of the molecule is Cc1ccc2nc(N(C)C)nc(N(C)C)c2c1. The van der Waals surface area contributed by atoms with Gasteiger partial charge in [0.1, 0.15) is 5.82 Å². The van der Waals surface area contributed by atoms with Crippen molar-refractivity contribution in [2.24, 2.45) is 0 Å². The highest BCUT2D eigenvalue weighted by atomic mass is 15.3. The Hall–Kier alpha value is -1.84. The minimum Gasteiger partial charge on any atom is -0.362 e. The number of fused-ring (bicyclic) bond motifs is 1. The van der Waals surface area contributed by atoms with Crippen molar-refractivity contribution in [1.82, 2.24) is 9.97 Å². The third kappa shape index (κ3) is 2.16. The number of aromatic nitrogens is 2. The fourth-order valence-corrected chi connectivity index (χ4v) is 1.76. The molecule has 2 aromatic rings. The molecule has 0 aliphatic rings. The topological polar surface area (TPSA) is 32.3 Å². The lowest BCUT2D eigenvalue weighted by atomic mass is 10.1. The summed E-state index contributed by atoms with van der Waals surface area (Å²) in [6.45, 7) is 2.08. The molecule has 0 atom stereocenters. The fourth-order valence-electron chi connectivity index (χ4n) is 1.76. The average Bonchev–Trinajstić information content (AvgIpc) is 2.27. The number of hydrogen-bond donors (Lipinski definition) is 0. The summed E-state index contributed by atoms with van der Waals surface area (Å²) >= 11 is 0. The van der Waals surface area contributed by atoms with Crippen LogP contribution >= 0.6 is 0 Å². The monoisotopic (exact) mass is 230 g/mol. The van der Waals surface area contributed by atoms with E-state index in [1.807, 2.05) is 44.1 Å². The minimum atomic E-state index is 0.741. The van der Waals surface area contributed by atoms with Gasteiger partial charge in [0.05, 0.1) is 5.52 Å². The Labute approximate surface area is 102 Å². The largest absolute Gasteiger partial charge is 0.362 e. The number of benzene rings is 1. The second-order valence-corrected chi connectivity index (χ2v) is 4.66. The Morgan fingerprint density at radius 3 is 2.24 bits per heavy atom. The van der Waals surface area contributed by atoms with Crippen LogP contribution in [0, 0.1) is 6.92 Å². The molecule has 0 aliphatic heterocycles. The van der Waals surface area contributed by atoms with E-state index in [1.54, 1.807) is 0 Å². The van der Waals surface area contributed by atoms with Crippen LogP contribution in [0.5, 0.6) is 0 Å². The Morgan fingerprint density at radius 2 is 1.65 bits per heavy atom. The summed E-state index contributed by atoms with van der Waals surface area (Å²) in [7, 11) is 7.91. The molecule has 0 saturated heterocycles. The standard InChI is InChI=1S/C13H18N4/c1-9-6-7-11-10(8-9)12(16(2)3)15-13(14-11)17(4)5/h6-8H,1-5H3. The third-order valence-corrected chi connectivity index (χ3v) is 2.64. The maximum absolute atomic E-state index is 4.58. The molecule has 4 nitrogen and oxygen atoms in total. The lowest BCUT2D eigenvalue weighted by molar-refractivity contribution is 0.987. The normalized spacial score (nSPS) is 10.6. The van der Waals surface area contributed by atoms with Gasteiger partial charge < -0.3 is 9.80 Å². The van der Waals surface area contributed by atoms with Crippen molar-refractivity contribution < 1.29 is 0 Å². The van der Waals surface area contributed by atoms with Crippen LogP contribution in [0.4, 0.5) is 11.8 Å². The van der Waals surface area contributed by atoms with Crippen molar-refractivity contribution in [3.63, 3.8) is 0 Å². The smallest absolute Gasteiger partial charge is 0.227 e. The molecule has 4 heteroatoms. The van der Waals surface area contributed by atoms with Crippen LogP contribution in [-0.2, 0) is 0 Å². The molecule has 0 radical (unpaired) electrons. The molecule has 0 N–H and O–H groups in total. The zero-order valence-electron chi connectivity index (χ0n) is 11.0. The highest BCUT2D eigenvalue weighted by Crippen LogP contribution is 2.25. The summed E-state index contributed by atoms with van der Waals surface area (Å²) in [5.41, 5.74) is 2.21. The zero-order chi connectivity index (χ0) is 12.6. The predicted octanol–water partition coefficient (Wildman–Crippen LogP) is 2.07. The van der Waals surface area contributed by atoms with Crippen molar-refractivity contribution in [3.8, 4) is 0 Å². The summed E-state index contributed by atoms with van der Waals surface area (Å²) in [6, 6.07) is 6.25. The van der Waals surface area contributed by atoms with Gasteiger partial charge >= 0.3 is 0 Å². The van der Waals surface area contributed by atoms with Crippen molar-refractivity contribution in [2.45, 2.75) is 6.92 Å². The maximum atomic E-state index is 4.58. The van der Waals surface area contributed by atoms with Gasteiger partial charge in [-0.2, -0.15) is 4.98 Å². The maximum Gasteiger partial charge on any atom is 0.227 e. The quantitative estimate of drug-likeness (QED) is 0.790. The molecule has 0 unspecified atom stereocenters. The third-order valence-electron chi connectivity index (χ3n) is 2.64. The van der Waals surface area contributed by atoms with Crippen molar-refractivity contribution >= 4 is 22.7 Å². The first-order valence-corrected chi connectivity index (χ1v) is 5.62. The van der Waals surface area contributed by atoms with E-state index in [4.69, 9.17) is 0 Å². The van der Waals surface area contributed by atoms with E-state index in [0.717, 1.165) is 22.7 Å². The number of aryl methyl sites for hydroxylation is 1. The van der Waals surface area contributed by atoms with Crippen LogP contribution in [0.2, 0.25) is 0 Å². The van der Waals surface area contributed by atoms with Gasteiger partial charge in [-0.1, -0.05) is 11.6 Å². The lowest BCUT2D eigenvalue weighted by Crippen LogP contribution is -2.17. The van der Waals surface area contributed by atoms with Crippen LogP contribution in [0.3, 0.4) is 0 Å². The summed E-state index contributed by atoms with van der Waals surface area (Å²) in [4.78, 5) is 13.1. The Morgan fingerprint density at radius 1 is 0.941 bits per heavy atom. The van der Waals surface area contributed by atoms with E-state index in [1.165, 1.54) is 5.56 Å². The van der Waals surface area contributed by atoms with Crippen LogP contribution in [0.15, 0.2) is 18.2 Å². The molecule has 1 heterocycles. The molecular formula is C13H18N4. The Kier molecular flexibility index (Phi) is 2.88. The van der Waals surface area contributed by atoms with Gasteiger partial charge in [0.15, 0.2) is 0 Å².